The molecular formula is C19H28ClN3O3. The van der Waals surface area contributed by atoms with Crippen LogP contribution in [0.1, 0.15) is 49.9 Å². The SMILES string of the molecule is CCCN1CCC2(CC1)C[C@](C)(O)[C@@H](NC(=O)c1cncc(Cl)c1)CO2. The van der Waals surface area contributed by atoms with Crippen molar-refractivity contribution >= 4 is 17.5 Å². The van der Waals surface area contributed by atoms with Crippen LogP contribution in [0.15, 0.2) is 18.5 Å². The summed E-state index contributed by atoms with van der Waals surface area (Å²) < 4.78 is 6.20. The third kappa shape index (κ3) is 4.36. The van der Waals surface area contributed by atoms with Gasteiger partial charge in [-0.25, -0.2) is 0 Å². The number of aliphatic hydroxyl groups is 1. The Kier molecular flexibility index (Phi) is 5.87. The molecular weight excluding hydrogens is 354 g/mol. The normalized spacial score (nSPS) is 28.8. The molecule has 1 amide bonds. The third-order valence-corrected chi connectivity index (χ3v) is 5.77. The summed E-state index contributed by atoms with van der Waals surface area (Å²) in [5.74, 6) is -0.303. The molecule has 0 aromatic carbocycles. The van der Waals surface area contributed by atoms with Gasteiger partial charge in [-0.15, -0.1) is 0 Å². The van der Waals surface area contributed by atoms with Crippen molar-refractivity contribution in [1.82, 2.24) is 15.2 Å². The van der Waals surface area contributed by atoms with Gasteiger partial charge in [0.05, 0.1) is 34.4 Å². The molecule has 1 spiro atoms. The topological polar surface area (TPSA) is 74.7 Å². The number of halogens is 1. The molecule has 2 atom stereocenters. The lowest BCUT2D eigenvalue weighted by Gasteiger charge is -2.51. The van der Waals surface area contributed by atoms with Gasteiger partial charge in [-0.3, -0.25) is 9.78 Å². The summed E-state index contributed by atoms with van der Waals surface area (Å²) in [6, 6.07) is 1.10. The molecule has 26 heavy (non-hydrogen) atoms. The van der Waals surface area contributed by atoms with Crippen molar-refractivity contribution in [1.29, 1.82) is 0 Å². The van der Waals surface area contributed by atoms with Crippen LogP contribution >= 0.6 is 11.6 Å². The number of piperidine rings is 1. The first-order valence-corrected chi connectivity index (χ1v) is 9.71. The maximum Gasteiger partial charge on any atom is 0.253 e. The number of pyridine rings is 1. The molecule has 3 rings (SSSR count). The van der Waals surface area contributed by atoms with Gasteiger partial charge in [-0.05, 0) is 38.8 Å². The summed E-state index contributed by atoms with van der Waals surface area (Å²) in [6.07, 6.45) is 6.46. The number of rotatable bonds is 4. The van der Waals surface area contributed by atoms with Crippen LogP contribution < -0.4 is 5.32 Å². The molecule has 2 aliphatic rings. The molecule has 3 heterocycles. The van der Waals surface area contributed by atoms with Crippen molar-refractivity contribution in [3.63, 3.8) is 0 Å². The van der Waals surface area contributed by atoms with Gasteiger partial charge in [-0.1, -0.05) is 18.5 Å². The number of likely N-dealkylation sites (tertiary alicyclic amines) is 1. The van der Waals surface area contributed by atoms with Crippen LogP contribution in [0, 0.1) is 0 Å². The molecule has 2 saturated heterocycles. The van der Waals surface area contributed by atoms with Crippen LogP contribution in [0.25, 0.3) is 0 Å². The molecule has 0 bridgehead atoms. The third-order valence-electron chi connectivity index (χ3n) is 5.57. The second-order valence-corrected chi connectivity index (χ2v) is 8.22. The first-order chi connectivity index (χ1) is 12.3. The Labute approximate surface area is 159 Å². The summed E-state index contributed by atoms with van der Waals surface area (Å²) >= 11 is 5.90. The lowest BCUT2D eigenvalue weighted by atomic mass is 9.75. The minimum atomic E-state index is -1.02. The molecule has 2 N–H and O–H groups in total. The molecule has 6 nitrogen and oxygen atoms in total. The van der Waals surface area contributed by atoms with Crippen molar-refractivity contribution in [2.24, 2.45) is 0 Å². The van der Waals surface area contributed by atoms with E-state index in [9.17, 15) is 9.90 Å². The number of amides is 1. The van der Waals surface area contributed by atoms with E-state index >= 15 is 0 Å². The largest absolute Gasteiger partial charge is 0.388 e. The van der Waals surface area contributed by atoms with Gasteiger partial charge in [0.25, 0.3) is 5.91 Å². The maximum absolute atomic E-state index is 12.5. The van der Waals surface area contributed by atoms with Gasteiger partial charge in [0.2, 0.25) is 0 Å². The molecule has 7 heteroatoms. The molecule has 0 saturated carbocycles. The van der Waals surface area contributed by atoms with Gasteiger partial charge in [-0.2, -0.15) is 0 Å². The maximum atomic E-state index is 12.5. The minimum Gasteiger partial charge on any atom is -0.388 e. The van der Waals surface area contributed by atoms with Gasteiger partial charge in [0.15, 0.2) is 0 Å². The van der Waals surface area contributed by atoms with E-state index in [4.69, 9.17) is 16.3 Å². The number of ether oxygens (including phenoxy) is 1. The minimum absolute atomic E-state index is 0.285. The number of carbonyl (C=O) groups is 1. The van der Waals surface area contributed by atoms with Gasteiger partial charge >= 0.3 is 0 Å². The highest BCUT2D eigenvalue weighted by Crippen LogP contribution is 2.39. The zero-order valence-electron chi connectivity index (χ0n) is 15.5. The fourth-order valence-electron chi connectivity index (χ4n) is 4.06. The number of carbonyl (C=O) groups excluding carboxylic acids is 1. The van der Waals surface area contributed by atoms with Gasteiger partial charge in [0, 0.05) is 31.9 Å². The Hall–Kier alpha value is -1.21. The van der Waals surface area contributed by atoms with E-state index in [0.717, 1.165) is 38.9 Å². The van der Waals surface area contributed by atoms with E-state index in [1.54, 1.807) is 13.0 Å². The molecule has 0 unspecified atom stereocenters. The Morgan fingerprint density at radius 1 is 1.46 bits per heavy atom. The van der Waals surface area contributed by atoms with Crippen LogP contribution in [-0.2, 0) is 4.74 Å². The first kappa shape index (κ1) is 19.5. The first-order valence-electron chi connectivity index (χ1n) is 9.34. The van der Waals surface area contributed by atoms with E-state index in [1.165, 1.54) is 12.4 Å². The second kappa shape index (κ2) is 7.80. The van der Waals surface area contributed by atoms with Crippen LogP contribution in [0.4, 0.5) is 0 Å². The van der Waals surface area contributed by atoms with Crippen molar-refractivity contribution in [3.8, 4) is 0 Å². The summed E-state index contributed by atoms with van der Waals surface area (Å²) in [4.78, 5) is 18.8. The number of hydrogen-bond acceptors (Lipinski definition) is 5. The summed E-state index contributed by atoms with van der Waals surface area (Å²) in [7, 11) is 0. The highest BCUT2D eigenvalue weighted by molar-refractivity contribution is 6.30. The van der Waals surface area contributed by atoms with E-state index in [2.05, 4.69) is 22.1 Å². The monoisotopic (exact) mass is 381 g/mol. The summed E-state index contributed by atoms with van der Waals surface area (Å²) in [6.45, 7) is 7.38. The predicted octanol–water partition coefficient (Wildman–Crippen LogP) is 2.25. The van der Waals surface area contributed by atoms with Crippen LogP contribution in [0.5, 0.6) is 0 Å². The van der Waals surface area contributed by atoms with E-state index < -0.39 is 11.6 Å². The van der Waals surface area contributed by atoms with E-state index in [0.29, 0.717) is 23.6 Å². The Morgan fingerprint density at radius 2 is 2.19 bits per heavy atom. The van der Waals surface area contributed by atoms with Crippen molar-refractivity contribution < 1.29 is 14.6 Å². The smallest absolute Gasteiger partial charge is 0.253 e. The van der Waals surface area contributed by atoms with Crippen LogP contribution in [0.2, 0.25) is 5.02 Å². The number of aromatic nitrogens is 1. The highest BCUT2D eigenvalue weighted by atomic mass is 35.5. The lowest BCUT2D eigenvalue weighted by Crippen LogP contribution is -2.63. The van der Waals surface area contributed by atoms with Crippen molar-refractivity contribution in [2.45, 2.75) is 56.8 Å². The zero-order chi connectivity index (χ0) is 18.8. The summed E-state index contributed by atoms with van der Waals surface area (Å²) in [5, 5.41) is 14.3. The highest BCUT2D eigenvalue weighted by Gasteiger charge is 2.49. The van der Waals surface area contributed by atoms with Gasteiger partial charge < -0.3 is 20.1 Å². The molecule has 2 aliphatic heterocycles. The molecule has 2 fully saturated rings. The van der Waals surface area contributed by atoms with E-state index in [-0.39, 0.29) is 11.5 Å². The Balaban J connectivity index is 1.61. The van der Waals surface area contributed by atoms with Gasteiger partial charge in [0.1, 0.15) is 0 Å². The molecule has 0 aliphatic carbocycles. The average molecular weight is 382 g/mol. The molecule has 144 valence electrons. The predicted molar refractivity (Wildman–Crippen MR) is 100 cm³/mol. The van der Waals surface area contributed by atoms with Crippen molar-refractivity contribution in [2.75, 3.05) is 26.2 Å². The average Bonchev–Trinajstić information content (AvgIpc) is 2.59. The number of nitrogens with zero attached hydrogens (tertiary/aromatic N) is 2. The van der Waals surface area contributed by atoms with E-state index in [1.807, 2.05) is 0 Å². The fraction of sp³-hybridized carbons (Fsp3) is 0.684. The molecule has 1 aromatic heterocycles. The second-order valence-electron chi connectivity index (χ2n) is 7.79. The summed E-state index contributed by atoms with van der Waals surface area (Å²) in [5.41, 5.74) is -0.930. The number of hydrogen-bond donors (Lipinski definition) is 2. The number of nitrogens with one attached hydrogen (secondary N) is 1. The molecule has 0 radical (unpaired) electrons. The quantitative estimate of drug-likeness (QED) is 0.836. The standard InChI is InChI=1S/C19H28ClN3O3/c1-3-6-23-7-4-19(5-8-23)13-18(2,25)16(12-26-19)22-17(24)14-9-15(20)11-21-10-14/h9-11,16,25H,3-8,12-13H2,1-2H3,(H,22,24)/t16-,18-/m0/s1. The Morgan fingerprint density at radius 3 is 2.81 bits per heavy atom. The molecule has 1 aromatic rings. The van der Waals surface area contributed by atoms with Crippen LogP contribution in [-0.4, -0.2) is 64.4 Å². The fourth-order valence-corrected chi connectivity index (χ4v) is 4.24. The van der Waals surface area contributed by atoms with Crippen molar-refractivity contribution in [3.05, 3.63) is 29.0 Å². The zero-order valence-corrected chi connectivity index (χ0v) is 16.3. The lowest BCUT2D eigenvalue weighted by molar-refractivity contribution is -0.186. The van der Waals surface area contributed by atoms with Crippen LogP contribution in [0.3, 0.4) is 0 Å². The Bertz CT molecular complexity index is 645.